The van der Waals surface area contributed by atoms with Gasteiger partial charge >= 0.3 is 5.97 Å². The van der Waals surface area contributed by atoms with Crippen LogP contribution >= 0.6 is 0 Å². The van der Waals surface area contributed by atoms with E-state index in [2.05, 4.69) is 0 Å². The number of hydrogen-bond acceptors (Lipinski definition) is 3. The molecule has 27 heavy (non-hydrogen) atoms. The highest BCUT2D eigenvalue weighted by atomic mass is 19.1. The van der Waals surface area contributed by atoms with Crippen LogP contribution in [0.3, 0.4) is 0 Å². The van der Waals surface area contributed by atoms with E-state index in [1.165, 1.54) is 12.1 Å². The van der Waals surface area contributed by atoms with Gasteiger partial charge in [0.2, 0.25) is 5.91 Å². The molecule has 0 bridgehead atoms. The molecule has 1 aromatic carbocycles. The van der Waals surface area contributed by atoms with Crippen LogP contribution in [0.4, 0.5) is 4.39 Å². The van der Waals surface area contributed by atoms with Gasteiger partial charge in [-0.25, -0.2) is 4.39 Å². The van der Waals surface area contributed by atoms with E-state index in [0.717, 1.165) is 5.56 Å². The molecule has 2 N–H and O–H groups in total. The number of amides is 1. The molecule has 2 rings (SSSR count). The number of aliphatic hydroxyl groups excluding tert-OH is 1. The summed E-state index contributed by atoms with van der Waals surface area (Å²) in [6.07, 6.45) is 9.43. The number of carbonyl (C=O) groups is 2. The van der Waals surface area contributed by atoms with Crippen LogP contribution in [-0.4, -0.2) is 45.7 Å². The molecule has 5 nitrogen and oxygen atoms in total. The Hall–Kier alpha value is -2.47. The molecule has 1 aliphatic rings. The predicted molar refractivity (Wildman–Crippen MR) is 101 cm³/mol. The van der Waals surface area contributed by atoms with E-state index in [9.17, 15) is 19.1 Å². The molecule has 1 fully saturated rings. The third-order valence-corrected chi connectivity index (χ3v) is 4.49. The summed E-state index contributed by atoms with van der Waals surface area (Å²) in [5, 5.41) is 18.7. The van der Waals surface area contributed by atoms with Crippen LogP contribution < -0.4 is 0 Å². The summed E-state index contributed by atoms with van der Waals surface area (Å²) >= 11 is 0. The molecular weight excluding hydrogens is 349 g/mol. The first-order valence-electron chi connectivity index (χ1n) is 9.23. The molecule has 1 aromatic rings. The number of carbonyl (C=O) groups excluding carboxylic acids is 1. The average molecular weight is 375 g/mol. The maximum Gasteiger partial charge on any atom is 0.303 e. The summed E-state index contributed by atoms with van der Waals surface area (Å²) in [6.45, 7) is 0.473. The number of rotatable bonds is 10. The minimum atomic E-state index is -0.805. The van der Waals surface area contributed by atoms with E-state index >= 15 is 0 Å². The molecule has 1 saturated heterocycles. The SMILES string of the molecule is O=C(O)CCCC=CCN1C(=O)CC[C@@H]1C=C[C@@H](O)Cc1cccc(F)c1. The molecule has 0 radical (unpaired) electrons. The Morgan fingerprint density at radius 1 is 1.37 bits per heavy atom. The number of benzene rings is 1. The third kappa shape index (κ3) is 7.35. The zero-order chi connectivity index (χ0) is 19.6. The quantitative estimate of drug-likeness (QED) is 0.487. The Morgan fingerprint density at radius 2 is 2.19 bits per heavy atom. The van der Waals surface area contributed by atoms with Gasteiger partial charge in [0.05, 0.1) is 12.1 Å². The van der Waals surface area contributed by atoms with Gasteiger partial charge in [0.1, 0.15) is 5.82 Å². The Morgan fingerprint density at radius 3 is 2.93 bits per heavy atom. The molecule has 146 valence electrons. The summed E-state index contributed by atoms with van der Waals surface area (Å²) in [5.41, 5.74) is 0.718. The molecule has 0 unspecified atom stereocenters. The lowest BCUT2D eigenvalue weighted by Crippen LogP contribution is -2.32. The molecule has 2 atom stereocenters. The van der Waals surface area contributed by atoms with Crippen molar-refractivity contribution in [1.29, 1.82) is 0 Å². The second-order valence-corrected chi connectivity index (χ2v) is 6.70. The zero-order valence-corrected chi connectivity index (χ0v) is 15.3. The first kappa shape index (κ1) is 20.8. The second kappa shape index (κ2) is 10.6. The Balaban J connectivity index is 1.82. The lowest BCUT2D eigenvalue weighted by Gasteiger charge is -2.21. The molecule has 6 heteroatoms. The molecule has 1 amide bonds. The monoisotopic (exact) mass is 375 g/mol. The van der Waals surface area contributed by atoms with Gasteiger partial charge in [-0.15, -0.1) is 0 Å². The van der Waals surface area contributed by atoms with Gasteiger partial charge in [-0.3, -0.25) is 9.59 Å². The minimum absolute atomic E-state index is 0.0664. The van der Waals surface area contributed by atoms with Crippen molar-refractivity contribution in [3.05, 3.63) is 60.0 Å². The number of halogens is 1. The summed E-state index contributed by atoms with van der Waals surface area (Å²) in [4.78, 5) is 24.3. The van der Waals surface area contributed by atoms with Gasteiger partial charge in [0, 0.05) is 25.8 Å². The number of carboxylic acids is 1. The number of aliphatic hydroxyl groups is 1. The van der Waals surface area contributed by atoms with Crippen LogP contribution in [-0.2, 0) is 16.0 Å². The Bertz CT molecular complexity index is 701. The largest absolute Gasteiger partial charge is 0.481 e. The van der Waals surface area contributed by atoms with Crippen molar-refractivity contribution < 1.29 is 24.2 Å². The first-order valence-corrected chi connectivity index (χ1v) is 9.23. The maximum atomic E-state index is 13.2. The van der Waals surface area contributed by atoms with Crippen molar-refractivity contribution in [3.8, 4) is 0 Å². The Kier molecular flexibility index (Phi) is 8.20. The van der Waals surface area contributed by atoms with E-state index in [1.807, 2.05) is 18.2 Å². The fourth-order valence-corrected chi connectivity index (χ4v) is 3.10. The second-order valence-electron chi connectivity index (χ2n) is 6.70. The summed E-state index contributed by atoms with van der Waals surface area (Å²) < 4.78 is 13.2. The number of carboxylic acid groups (broad SMARTS) is 1. The third-order valence-electron chi connectivity index (χ3n) is 4.49. The normalized spacial score (nSPS) is 18.7. The molecule has 0 aliphatic carbocycles. The van der Waals surface area contributed by atoms with Crippen LogP contribution in [0.15, 0.2) is 48.6 Å². The molecular formula is C21H26FNO4. The molecule has 0 spiro atoms. The van der Waals surface area contributed by atoms with E-state index < -0.39 is 12.1 Å². The van der Waals surface area contributed by atoms with Crippen LogP contribution in [0.1, 0.15) is 37.7 Å². The lowest BCUT2D eigenvalue weighted by atomic mass is 10.1. The van der Waals surface area contributed by atoms with E-state index in [4.69, 9.17) is 5.11 Å². The summed E-state index contributed by atoms with van der Waals surface area (Å²) in [6, 6.07) is 6.08. The van der Waals surface area contributed by atoms with E-state index in [1.54, 1.807) is 23.1 Å². The number of unbranched alkanes of at least 4 members (excludes halogenated alkanes) is 1. The topological polar surface area (TPSA) is 77.8 Å². The highest BCUT2D eigenvalue weighted by Crippen LogP contribution is 2.20. The molecule has 1 heterocycles. The van der Waals surface area contributed by atoms with Gasteiger partial charge in [-0.05, 0) is 37.0 Å². The standard InChI is InChI=1S/C21H26FNO4/c22-17-7-5-6-16(14-17)15-19(24)11-9-18-10-12-20(25)23(18)13-4-2-1-3-8-21(26)27/h2,4-7,9,11,14,18-19,24H,1,3,8,10,12-13,15H2,(H,26,27)/t18-,19+/m0/s1. The fourth-order valence-electron chi connectivity index (χ4n) is 3.10. The first-order chi connectivity index (χ1) is 13.0. The fraction of sp³-hybridized carbons (Fsp3) is 0.429. The number of nitrogens with zero attached hydrogens (tertiary/aromatic N) is 1. The van der Waals surface area contributed by atoms with E-state index in [0.29, 0.717) is 38.6 Å². The van der Waals surface area contributed by atoms with Crippen molar-refractivity contribution in [1.82, 2.24) is 4.90 Å². The summed E-state index contributed by atoms with van der Waals surface area (Å²) in [5.74, 6) is -1.06. The highest BCUT2D eigenvalue weighted by Gasteiger charge is 2.28. The van der Waals surface area contributed by atoms with Crippen LogP contribution in [0.5, 0.6) is 0 Å². The number of allylic oxidation sites excluding steroid dienone is 1. The molecule has 1 aliphatic heterocycles. The summed E-state index contributed by atoms with van der Waals surface area (Å²) in [7, 11) is 0. The van der Waals surface area contributed by atoms with Crippen molar-refractivity contribution in [2.75, 3.05) is 6.54 Å². The van der Waals surface area contributed by atoms with Crippen molar-refractivity contribution in [2.24, 2.45) is 0 Å². The van der Waals surface area contributed by atoms with E-state index in [-0.39, 0.29) is 24.2 Å². The van der Waals surface area contributed by atoms with Crippen molar-refractivity contribution in [2.45, 2.75) is 50.7 Å². The van der Waals surface area contributed by atoms with Gasteiger partial charge < -0.3 is 15.1 Å². The number of aliphatic carboxylic acids is 1. The predicted octanol–water partition coefficient (Wildman–Crippen LogP) is 3.09. The van der Waals surface area contributed by atoms with Crippen LogP contribution in [0, 0.1) is 5.82 Å². The number of hydrogen-bond donors (Lipinski definition) is 2. The van der Waals surface area contributed by atoms with Crippen molar-refractivity contribution in [3.63, 3.8) is 0 Å². The van der Waals surface area contributed by atoms with Gasteiger partial charge in [-0.2, -0.15) is 0 Å². The molecule has 0 saturated carbocycles. The molecule has 0 aromatic heterocycles. The van der Waals surface area contributed by atoms with Gasteiger partial charge in [0.25, 0.3) is 0 Å². The highest BCUT2D eigenvalue weighted by molar-refractivity contribution is 5.79. The average Bonchev–Trinajstić information content (AvgIpc) is 2.96. The lowest BCUT2D eigenvalue weighted by molar-refractivity contribution is -0.137. The Labute approximate surface area is 158 Å². The van der Waals surface area contributed by atoms with Gasteiger partial charge in [0.15, 0.2) is 0 Å². The number of likely N-dealkylation sites (tertiary alicyclic amines) is 1. The van der Waals surface area contributed by atoms with Crippen LogP contribution in [0.25, 0.3) is 0 Å². The minimum Gasteiger partial charge on any atom is -0.481 e. The van der Waals surface area contributed by atoms with Gasteiger partial charge in [-0.1, -0.05) is 36.4 Å². The van der Waals surface area contributed by atoms with Crippen LogP contribution in [0.2, 0.25) is 0 Å². The maximum absolute atomic E-state index is 13.2. The smallest absolute Gasteiger partial charge is 0.303 e. The zero-order valence-electron chi connectivity index (χ0n) is 15.3. The van der Waals surface area contributed by atoms with Crippen molar-refractivity contribution >= 4 is 11.9 Å².